The predicted molar refractivity (Wildman–Crippen MR) is 274 cm³/mol. The van der Waals surface area contributed by atoms with Gasteiger partial charge in [0.05, 0.1) is 5.69 Å². The van der Waals surface area contributed by atoms with Crippen LogP contribution in [0.5, 0.6) is 0 Å². The van der Waals surface area contributed by atoms with Crippen LogP contribution in [0.25, 0.3) is 11.3 Å². The number of anilines is 6. The first kappa shape index (κ1) is 44.5. The van der Waals surface area contributed by atoms with E-state index in [1.54, 1.807) is 6.33 Å². The van der Waals surface area contributed by atoms with Crippen molar-refractivity contribution in [1.29, 1.82) is 0 Å². The van der Waals surface area contributed by atoms with Crippen LogP contribution >= 0.6 is 0 Å². The number of rotatable bonds is 3. The molecule has 3 heterocycles. The molecule has 0 radical (unpaired) electrons. The molecule has 63 heavy (non-hydrogen) atoms. The molecule has 8 rings (SSSR count). The zero-order valence-electron chi connectivity index (χ0n) is 41.7. The van der Waals surface area contributed by atoms with Crippen molar-refractivity contribution in [3.8, 4) is 11.3 Å². The van der Waals surface area contributed by atoms with Gasteiger partial charge in [0.25, 0.3) is 6.71 Å². The Labute approximate surface area is 380 Å². The average Bonchev–Trinajstić information content (AvgIpc) is 3.18. The Bertz CT molecular complexity index is 2510. The summed E-state index contributed by atoms with van der Waals surface area (Å²) >= 11 is 0. The Morgan fingerprint density at radius 3 is 1.06 bits per heavy atom. The minimum atomic E-state index is -0.0581. The van der Waals surface area contributed by atoms with Crippen LogP contribution in [-0.4, -0.2) is 16.7 Å². The summed E-state index contributed by atoms with van der Waals surface area (Å²) in [6, 6.07) is 36.2. The minimum absolute atomic E-state index is 0.0164. The van der Waals surface area contributed by atoms with Gasteiger partial charge in [0.1, 0.15) is 6.33 Å². The molecule has 326 valence electrons. The van der Waals surface area contributed by atoms with E-state index < -0.39 is 0 Å². The summed E-state index contributed by atoms with van der Waals surface area (Å²) in [5.74, 6) is 0. The zero-order chi connectivity index (χ0) is 46.0. The van der Waals surface area contributed by atoms with Crippen LogP contribution in [0.3, 0.4) is 0 Å². The minimum Gasteiger partial charge on any atom is -0.311 e. The second kappa shape index (κ2) is 14.7. The third kappa shape index (κ3) is 8.15. The molecule has 5 heteroatoms. The van der Waals surface area contributed by atoms with Crippen molar-refractivity contribution in [1.82, 2.24) is 9.97 Å². The number of benzene rings is 5. The van der Waals surface area contributed by atoms with Gasteiger partial charge in [0.2, 0.25) is 0 Å². The average molecular weight is 835 g/mol. The molecule has 0 bridgehead atoms. The van der Waals surface area contributed by atoms with E-state index in [1.165, 1.54) is 83.9 Å². The quantitative estimate of drug-likeness (QED) is 0.166. The summed E-state index contributed by atoms with van der Waals surface area (Å²) in [5.41, 5.74) is 20.8. The SMILES string of the molecule is CC(C)(C)c1cc(N2c3ccc(C(C)(C)C)cc3B3c4cc(C(C)(C)C)ccc4N(c4cc(C(C)(C)C)cc(C(C)(C)C)c4)c4cc(-c5ccncn5)cc2c43)cc(C(C)(C)C)c1. The lowest BCUT2D eigenvalue weighted by Crippen LogP contribution is -2.61. The predicted octanol–water partition coefficient (Wildman–Crippen LogP) is 14.0. The molecule has 0 aliphatic carbocycles. The summed E-state index contributed by atoms with van der Waals surface area (Å²) < 4.78 is 0. The van der Waals surface area contributed by atoms with E-state index in [0.29, 0.717) is 0 Å². The van der Waals surface area contributed by atoms with Crippen LogP contribution in [0.4, 0.5) is 34.1 Å². The van der Waals surface area contributed by atoms with Gasteiger partial charge in [-0.05, 0) is 137 Å². The highest BCUT2D eigenvalue weighted by molar-refractivity contribution is 7.00. The molecule has 0 amide bonds. The van der Waals surface area contributed by atoms with E-state index in [1.807, 2.05) is 6.20 Å². The Morgan fingerprint density at radius 1 is 0.381 bits per heavy atom. The maximum atomic E-state index is 4.91. The fraction of sp³-hybridized carbons (Fsp3) is 0.414. The fourth-order valence-electron chi connectivity index (χ4n) is 9.32. The molecule has 0 N–H and O–H groups in total. The first-order chi connectivity index (χ1) is 29.0. The molecular weight excluding hydrogens is 763 g/mol. The second-order valence-corrected chi connectivity index (χ2v) is 24.7. The normalized spacial score (nSPS) is 14.4. The van der Waals surface area contributed by atoms with Gasteiger partial charge >= 0.3 is 0 Å². The van der Waals surface area contributed by atoms with E-state index in [2.05, 4.69) is 230 Å². The summed E-state index contributed by atoms with van der Waals surface area (Å²) in [6.07, 6.45) is 3.54. The molecular formula is C58H71BN4. The van der Waals surface area contributed by atoms with E-state index in [9.17, 15) is 0 Å². The largest absolute Gasteiger partial charge is 0.311 e. The maximum absolute atomic E-state index is 4.91. The number of hydrogen-bond acceptors (Lipinski definition) is 4. The van der Waals surface area contributed by atoms with Crippen LogP contribution in [0.2, 0.25) is 0 Å². The molecule has 2 aliphatic rings. The molecule has 0 spiro atoms. The van der Waals surface area contributed by atoms with Crippen molar-refractivity contribution in [3.63, 3.8) is 0 Å². The van der Waals surface area contributed by atoms with E-state index in [-0.39, 0.29) is 39.2 Å². The van der Waals surface area contributed by atoms with Crippen molar-refractivity contribution >= 4 is 57.2 Å². The highest BCUT2D eigenvalue weighted by Crippen LogP contribution is 2.49. The molecule has 5 aromatic carbocycles. The van der Waals surface area contributed by atoms with E-state index in [0.717, 1.165) is 11.3 Å². The smallest absolute Gasteiger partial charge is 0.252 e. The van der Waals surface area contributed by atoms with E-state index in [4.69, 9.17) is 4.98 Å². The lowest BCUT2D eigenvalue weighted by atomic mass is 9.33. The standard InChI is InChI=1S/C58H71BN4/c1-53(2,3)37-19-21-48-45(33-37)59-46-34-38(54(4,5)6)20-22-49(46)63(44-31-41(57(13,14)15)28-42(32-44)58(16,17)18)51-26-36(47-23-24-60-35-61-47)25-50(52(51)59)62(48)43-29-39(55(7,8)9)27-40(30-43)56(10,11)12/h19-35H,1-18H3. The van der Waals surface area contributed by atoms with Crippen LogP contribution in [0.15, 0.2) is 104 Å². The number of hydrogen-bond donors (Lipinski definition) is 0. The summed E-state index contributed by atoms with van der Waals surface area (Å²) in [6.45, 7) is 42.1. The lowest BCUT2D eigenvalue weighted by molar-refractivity contribution is 0.568. The molecule has 4 nitrogen and oxygen atoms in total. The molecule has 0 fully saturated rings. The third-order valence-electron chi connectivity index (χ3n) is 13.5. The van der Waals surface area contributed by atoms with Gasteiger partial charge < -0.3 is 9.80 Å². The fourth-order valence-corrected chi connectivity index (χ4v) is 9.32. The van der Waals surface area contributed by atoms with Gasteiger partial charge in [-0.1, -0.05) is 161 Å². The Morgan fingerprint density at radius 2 is 0.746 bits per heavy atom. The number of nitrogens with zero attached hydrogens (tertiary/aromatic N) is 4. The van der Waals surface area contributed by atoms with Gasteiger partial charge in [0, 0.05) is 45.9 Å². The molecule has 0 saturated heterocycles. The van der Waals surface area contributed by atoms with Crippen LogP contribution in [0.1, 0.15) is 158 Å². The Hall–Kier alpha value is -5.16. The van der Waals surface area contributed by atoms with Crippen LogP contribution in [-0.2, 0) is 32.5 Å². The van der Waals surface area contributed by atoms with Crippen molar-refractivity contribution in [3.05, 3.63) is 137 Å². The zero-order valence-corrected chi connectivity index (χ0v) is 41.7. The van der Waals surface area contributed by atoms with Gasteiger partial charge in [-0.15, -0.1) is 0 Å². The first-order valence-electron chi connectivity index (χ1n) is 23.2. The van der Waals surface area contributed by atoms with Gasteiger partial charge in [-0.3, -0.25) is 0 Å². The van der Waals surface area contributed by atoms with Crippen LogP contribution < -0.4 is 26.2 Å². The number of fused-ring (bicyclic) bond motifs is 4. The van der Waals surface area contributed by atoms with Crippen molar-refractivity contribution in [2.45, 2.75) is 157 Å². The highest BCUT2D eigenvalue weighted by Gasteiger charge is 2.45. The topological polar surface area (TPSA) is 32.3 Å². The summed E-state index contributed by atoms with van der Waals surface area (Å²) in [4.78, 5) is 14.5. The first-order valence-corrected chi connectivity index (χ1v) is 23.2. The van der Waals surface area contributed by atoms with Gasteiger partial charge in [0.15, 0.2) is 0 Å². The van der Waals surface area contributed by atoms with Crippen molar-refractivity contribution in [2.24, 2.45) is 0 Å². The van der Waals surface area contributed by atoms with Crippen molar-refractivity contribution < 1.29 is 0 Å². The molecule has 2 aliphatic heterocycles. The summed E-state index contributed by atoms with van der Waals surface area (Å²) in [5, 5.41) is 0. The number of aromatic nitrogens is 2. The Balaban J connectivity index is 1.58. The van der Waals surface area contributed by atoms with Gasteiger partial charge in [-0.2, -0.15) is 0 Å². The van der Waals surface area contributed by atoms with Crippen molar-refractivity contribution in [2.75, 3.05) is 9.80 Å². The highest BCUT2D eigenvalue weighted by atomic mass is 15.2. The van der Waals surface area contributed by atoms with Crippen LogP contribution in [0, 0.1) is 0 Å². The molecule has 0 saturated carbocycles. The molecule has 6 aromatic rings. The monoisotopic (exact) mass is 835 g/mol. The Kier molecular flexibility index (Phi) is 10.4. The molecule has 0 atom stereocenters. The summed E-state index contributed by atoms with van der Waals surface area (Å²) in [7, 11) is 0. The molecule has 0 unspecified atom stereocenters. The lowest BCUT2D eigenvalue weighted by Gasteiger charge is -2.45. The second-order valence-electron chi connectivity index (χ2n) is 24.7. The van der Waals surface area contributed by atoms with E-state index >= 15 is 0 Å². The third-order valence-corrected chi connectivity index (χ3v) is 13.5. The molecule has 1 aromatic heterocycles. The van der Waals surface area contributed by atoms with Gasteiger partial charge in [-0.25, -0.2) is 9.97 Å². The maximum Gasteiger partial charge on any atom is 0.252 e.